The fourth-order valence-corrected chi connectivity index (χ4v) is 3.75. The molecular weight excluding hydrogens is 416 g/mol. The first kappa shape index (κ1) is 20.5. The Labute approximate surface area is 189 Å². The number of imidazole rings is 1. The molecule has 0 saturated carbocycles. The Hall–Kier alpha value is -4.43. The van der Waals surface area contributed by atoms with E-state index in [0.29, 0.717) is 23.5 Å². The summed E-state index contributed by atoms with van der Waals surface area (Å²) in [7, 11) is 0. The Morgan fingerprint density at radius 3 is 2.73 bits per heavy atom. The van der Waals surface area contributed by atoms with Gasteiger partial charge in [-0.3, -0.25) is 9.89 Å². The van der Waals surface area contributed by atoms with Crippen LogP contribution in [-0.2, 0) is 6.54 Å². The molecule has 5 N–H and O–H groups in total. The van der Waals surface area contributed by atoms with Gasteiger partial charge in [0.05, 0.1) is 17.4 Å². The minimum absolute atomic E-state index is 0.299. The van der Waals surface area contributed by atoms with Crippen molar-refractivity contribution in [1.82, 2.24) is 20.2 Å². The average Bonchev–Trinajstić information content (AvgIpc) is 3.52. The van der Waals surface area contributed by atoms with Gasteiger partial charge < -0.3 is 20.7 Å². The van der Waals surface area contributed by atoms with Crippen molar-refractivity contribution in [3.05, 3.63) is 108 Å². The van der Waals surface area contributed by atoms with E-state index < -0.39 is 6.10 Å². The Bertz CT molecular complexity index is 1390. The van der Waals surface area contributed by atoms with Gasteiger partial charge in [-0.2, -0.15) is 5.10 Å². The summed E-state index contributed by atoms with van der Waals surface area (Å²) in [6.45, 7) is 0.358. The van der Waals surface area contributed by atoms with Crippen LogP contribution in [0.1, 0.15) is 33.3 Å². The minimum atomic E-state index is -0.764. The first-order valence-corrected chi connectivity index (χ1v) is 10.5. The average molecular weight is 438 g/mol. The molecule has 0 spiro atoms. The van der Waals surface area contributed by atoms with Crippen LogP contribution in [0.15, 0.2) is 85.3 Å². The number of hydrogen-bond donors (Lipinski definition) is 5. The smallest absolute Gasteiger partial charge is 0.276 e. The van der Waals surface area contributed by atoms with Crippen LogP contribution in [0.2, 0.25) is 0 Å². The number of anilines is 2. The largest absolute Gasteiger partial charge is 0.384 e. The van der Waals surface area contributed by atoms with Crippen LogP contribution in [0.5, 0.6) is 0 Å². The molecule has 2 heterocycles. The van der Waals surface area contributed by atoms with Crippen molar-refractivity contribution < 1.29 is 9.90 Å². The number of benzene rings is 3. The normalized spacial score (nSPS) is 11.9. The third-order valence-corrected chi connectivity index (χ3v) is 5.45. The van der Waals surface area contributed by atoms with E-state index in [0.717, 1.165) is 27.8 Å². The number of amides is 1. The lowest BCUT2D eigenvalue weighted by Gasteiger charge is -2.17. The van der Waals surface area contributed by atoms with E-state index in [1.807, 2.05) is 66.7 Å². The Kier molecular flexibility index (Phi) is 5.57. The Morgan fingerprint density at radius 1 is 1.03 bits per heavy atom. The van der Waals surface area contributed by atoms with Crippen LogP contribution in [0.25, 0.3) is 11.0 Å². The number of aliphatic hydroxyl groups excluding tert-OH is 1. The van der Waals surface area contributed by atoms with Gasteiger partial charge >= 0.3 is 0 Å². The number of nitrogens with one attached hydrogen (secondary N) is 4. The highest BCUT2D eigenvalue weighted by Crippen LogP contribution is 2.28. The first-order chi connectivity index (χ1) is 16.2. The molecule has 8 heteroatoms. The number of aromatic nitrogens is 4. The number of hydrogen-bond acceptors (Lipinski definition) is 5. The third-order valence-electron chi connectivity index (χ3n) is 5.45. The van der Waals surface area contributed by atoms with Crippen LogP contribution in [0.3, 0.4) is 0 Å². The fourth-order valence-electron chi connectivity index (χ4n) is 3.75. The number of carbonyl (C=O) groups is 1. The topological polar surface area (TPSA) is 119 Å². The van der Waals surface area contributed by atoms with E-state index in [1.54, 1.807) is 18.6 Å². The Balaban J connectivity index is 1.31. The summed E-state index contributed by atoms with van der Waals surface area (Å²) < 4.78 is 0. The van der Waals surface area contributed by atoms with Gasteiger partial charge in [-0.05, 0) is 29.8 Å². The molecule has 2 aromatic heterocycles. The summed E-state index contributed by atoms with van der Waals surface area (Å²) in [5.74, 6) is -0.315. The van der Waals surface area contributed by atoms with Crippen LogP contribution in [0, 0.1) is 0 Å². The lowest BCUT2D eigenvalue weighted by molar-refractivity contribution is 0.102. The third kappa shape index (κ3) is 4.32. The predicted octanol–water partition coefficient (Wildman–Crippen LogP) is 4.23. The van der Waals surface area contributed by atoms with Crippen LogP contribution in [-0.4, -0.2) is 31.2 Å². The highest BCUT2D eigenvalue weighted by Gasteiger charge is 2.17. The van der Waals surface area contributed by atoms with Gasteiger partial charge in [0.15, 0.2) is 5.69 Å². The van der Waals surface area contributed by atoms with E-state index in [4.69, 9.17) is 0 Å². The second-order valence-corrected chi connectivity index (χ2v) is 7.60. The number of carbonyl (C=O) groups excluding carboxylic acids is 1. The van der Waals surface area contributed by atoms with Gasteiger partial charge in [0.1, 0.15) is 6.10 Å². The van der Waals surface area contributed by atoms with Gasteiger partial charge in [0.2, 0.25) is 0 Å². The second kappa shape index (κ2) is 8.97. The van der Waals surface area contributed by atoms with Gasteiger partial charge in [-0.15, -0.1) is 0 Å². The number of para-hydroxylation sites is 1. The number of H-pyrrole nitrogens is 2. The number of fused-ring (bicyclic) bond motifs is 1. The first-order valence-electron chi connectivity index (χ1n) is 10.5. The molecule has 0 aliphatic heterocycles. The molecule has 0 fully saturated rings. The van der Waals surface area contributed by atoms with Crippen LogP contribution < -0.4 is 10.6 Å². The molecule has 0 aliphatic carbocycles. The summed E-state index contributed by atoms with van der Waals surface area (Å²) in [6, 6.07) is 22.5. The summed E-state index contributed by atoms with van der Waals surface area (Å²) >= 11 is 0. The molecule has 0 saturated heterocycles. The quantitative estimate of drug-likeness (QED) is 0.261. The minimum Gasteiger partial charge on any atom is -0.384 e. The summed E-state index contributed by atoms with van der Waals surface area (Å²) in [5, 5.41) is 24.0. The summed E-state index contributed by atoms with van der Waals surface area (Å²) in [4.78, 5) is 20.1. The molecule has 164 valence electrons. The molecule has 3 aromatic carbocycles. The van der Waals surface area contributed by atoms with E-state index in [9.17, 15) is 9.90 Å². The van der Waals surface area contributed by atoms with E-state index in [2.05, 4.69) is 30.8 Å². The molecule has 1 amide bonds. The molecular formula is C25H22N6O2. The molecule has 33 heavy (non-hydrogen) atoms. The predicted molar refractivity (Wildman–Crippen MR) is 127 cm³/mol. The van der Waals surface area contributed by atoms with Gasteiger partial charge in [0, 0.05) is 35.2 Å². The lowest BCUT2D eigenvalue weighted by atomic mass is 10.00. The van der Waals surface area contributed by atoms with Crippen molar-refractivity contribution in [3.63, 3.8) is 0 Å². The number of aliphatic hydroxyl groups is 1. The zero-order valence-electron chi connectivity index (χ0n) is 17.6. The maximum absolute atomic E-state index is 12.9. The molecule has 8 nitrogen and oxygen atoms in total. The molecule has 5 rings (SSSR count). The van der Waals surface area contributed by atoms with Crippen molar-refractivity contribution in [1.29, 1.82) is 0 Å². The lowest BCUT2D eigenvalue weighted by Crippen LogP contribution is -2.16. The zero-order chi connectivity index (χ0) is 22.6. The summed E-state index contributed by atoms with van der Waals surface area (Å²) in [5.41, 5.74) is 5.67. The number of nitrogens with zero attached hydrogens (tertiary/aromatic N) is 2. The van der Waals surface area contributed by atoms with Gasteiger partial charge in [-0.25, -0.2) is 4.98 Å². The molecule has 1 unspecified atom stereocenters. The van der Waals surface area contributed by atoms with E-state index in [1.165, 1.54) is 0 Å². The number of rotatable bonds is 7. The maximum atomic E-state index is 12.9. The number of aromatic amines is 2. The van der Waals surface area contributed by atoms with Crippen molar-refractivity contribution >= 4 is 28.3 Å². The van der Waals surface area contributed by atoms with Gasteiger partial charge in [0.25, 0.3) is 5.91 Å². The van der Waals surface area contributed by atoms with Crippen molar-refractivity contribution in [2.24, 2.45) is 0 Å². The molecule has 5 aromatic rings. The molecule has 0 bridgehead atoms. The fraction of sp³-hybridized carbons (Fsp3) is 0.0800. The highest BCUT2D eigenvalue weighted by atomic mass is 16.3. The monoisotopic (exact) mass is 438 g/mol. The van der Waals surface area contributed by atoms with E-state index >= 15 is 0 Å². The van der Waals surface area contributed by atoms with E-state index in [-0.39, 0.29) is 5.91 Å². The van der Waals surface area contributed by atoms with Gasteiger partial charge in [-0.1, -0.05) is 48.5 Å². The molecule has 0 aliphatic rings. The second-order valence-electron chi connectivity index (χ2n) is 7.60. The standard InChI is InChI=1S/C25H22N6O2/c32-24(16-6-2-1-3-7-16)19-8-4-5-9-20(19)26-13-17-14-29-31-23(17)25(33)30-18-10-11-21-22(12-18)28-15-27-21/h1-12,14-15,24,26,32H,13H2,(H,27,28)(H,29,31)(H,30,33). The van der Waals surface area contributed by atoms with Crippen molar-refractivity contribution in [2.45, 2.75) is 12.6 Å². The van der Waals surface area contributed by atoms with Crippen molar-refractivity contribution in [3.8, 4) is 0 Å². The maximum Gasteiger partial charge on any atom is 0.276 e. The summed E-state index contributed by atoms with van der Waals surface area (Å²) in [6.07, 6.45) is 2.54. The van der Waals surface area contributed by atoms with Crippen LogP contribution >= 0.6 is 0 Å². The molecule has 0 radical (unpaired) electrons. The zero-order valence-corrected chi connectivity index (χ0v) is 17.6. The highest BCUT2D eigenvalue weighted by molar-refractivity contribution is 6.04. The van der Waals surface area contributed by atoms with Crippen LogP contribution in [0.4, 0.5) is 11.4 Å². The Morgan fingerprint density at radius 2 is 1.85 bits per heavy atom. The van der Waals surface area contributed by atoms with Crippen molar-refractivity contribution in [2.75, 3.05) is 10.6 Å². The molecule has 1 atom stereocenters. The SMILES string of the molecule is O=C(Nc1ccc2nc[nH]c2c1)c1n[nH]cc1CNc1ccccc1C(O)c1ccccc1.